The Bertz CT molecular complexity index is 632. The summed E-state index contributed by atoms with van der Waals surface area (Å²) in [7, 11) is 0. The van der Waals surface area contributed by atoms with Crippen molar-refractivity contribution in [3.63, 3.8) is 0 Å². The summed E-state index contributed by atoms with van der Waals surface area (Å²) >= 11 is 1.62. The largest absolute Gasteiger partial charge is 0.479 e. The number of nitrogens with zero attached hydrogens (tertiary/aromatic N) is 2. The van der Waals surface area contributed by atoms with Crippen LogP contribution in [0.4, 0.5) is 5.69 Å². The van der Waals surface area contributed by atoms with Gasteiger partial charge in [0.2, 0.25) is 5.91 Å². The zero-order valence-electron chi connectivity index (χ0n) is 11.9. The number of amides is 1. The molecule has 21 heavy (non-hydrogen) atoms. The minimum Gasteiger partial charge on any atom is -0.479 e. The summed E-state index contributed by atoms with van der Waals surface area (Å²) in [4.78, 5) is 24.1. The number of rotatable bonds is 6. The van der Waals surface area contributed by atoms with Crippen LogP contribution in [0.25, 0.3) is 0 Å². The smallest absolute Gasteiger partial charge is 0.331 e. The van der Waals surface area contributed by atoms with Crippen LogP contribution in [0.2, 0.25) is 0 Å². The molecule has 0 saturated heterocycles. The second kappa shape index (κ2) is 6.09. The molecule has 0 bridgehead atoms. The van der Waals surface area contributed by atoms with Crippen molar-refractivity contribution >= 4 is 28.9 Å². The quantitative estimate of drug-likeness (QED) is 0.858. The summed E-state index contributed by atoms with van der Waals surface area (Å²) in [5, 5.41) is 17.8. The minimum absolute atomic E-state index is 0.115. The molecular weight excluding hydrogens is 290 g/mol. The van der Waals surface area contributed by atoms with E-state index in [1.807, 2.05) is 17.5 Å². The predicted octanol–water partition coefficient (Wildman–Crippen LogP) is 2.34. The SMILES string of the molecule is CC(C)(C(=O)O)n1cc(NC(=O)CCc2cccs2)cn1. The summed E-state index contributed by atoms with van der Waals surface area (Å²) in [5.74, 6) is -1.10. The van der Waals surface area contributed by atoms with E-state index in [1.165, 1.54) is 17.1 Å². The zero-order valence-corrected chi connectivity index (χ0v) is 12.7. The highest BCUT2D eigenvalue weighted by Gasteiger charge is 2.30. The molecular formula is C14H17N3O3S. The van der Waals surface area contributed by atoms with Gasteiger partial charge in [-0.05, 0) is 31.7 Å². The van der Waals surface area contributed by atoms with Gasteiger partial charge in [-0.1, -0.05) is 6.07 Å². The van der Waals surface area contributed by atoms with Crippen LogP contribution < -0.4 is 5.32 Å². The van der Waals surface area contributed by atoms with Crippen LogP contribution in [-0.2, 0) is 21.5 Å². The summed E-state index contributed by atoms with van der Waals surface area (Å²) in [6.07, 6.45) is 4.05. The average Bonchev–Trinajstić information content (AvgIpc) is 3.07. The van der Waals surface area contributed by atoms with Crippen molar-refractivity contribution in [3.05, 3.63) is 34.8 Å². The molecule has 2 aromatic heterocycles. The van der Waals surface area contributed by atoms with E-state index in [-0.39, 0.29) is 5.91 Å². The molecule has 7 heteroatoms. The molecule has 0 fully saturated rings. The maximum Gasteiger partial charge on any atom is 0.331 e. The lowest BCUT2D eigenvalue weighted by atomic mass is 10.1. The van der Waals surface area contributed by atoms with Gasteiger partial charge < -0.3 is 10.4 Å². The monoisotopic (exact) mass is 307 g/mol. The van der Waals surface area contributed by atoms with Crippen molar-refractivity contribution in [2.75, 3.05) is 5.32 Å². The first kappa shape index (κ1) is 15.2. The van der Waals surface area contributed by atoms with Gasteiger partial charge in [0.1, 0.15) is 0 Å². The number of anilines is 1. The van der Waals surface area contributed by atoms with Crippen LogP contribution in [0.1, 0.15) is 25.1 Å². The van der Waals surface area contributed by atoms with Gasteiger partial charge in [0, 0.05) is 17.5 Å². The van der Waals surface area contributed by atoms with E-state index in [2.05, 4.69) is 10.4 Å². The molecule has 112 valence electrons. The lowest BCUT2D eigenvalue weighted by molar-refractivity contribution is -0.146. The molecule has 2 N–H and O–H groups in total. The molecule has 0 unspecified atom stereocenters. The van der Waals surface area contributed by atoms with E-state index >= 15 is 0 Å². The summed E-state index contributed by atoms with van der Waals surface area (Å²) in [5.41, 5.74) is -0.652. The molecule has 2 rings (SSSR count). The van der Waals surface area contributed by atoms with E-state index in [4.69, 9.17) is 5.11 Å². The number of carbonyl (C=O) groups is 2. The number of carboxylic acids is 1. The standard InChI is InChI=1S/C14H17N3O3S/c1-14(2,13(19)20)17-9-10(8-15-17)16-12(18)6-5-11-4-3-7-21-11/h3-4,7-9H,5-6H2,1-2H3,(H,16,18)(H,19,20). The van der Waals surface area contributed by atoms with Crippen molar-refractivity contribution in [3.8, 4) is 0 Å². The fraction of sp³-hybridized carbons (Fsp3) is 0.357. The topological polar surface area (TPSA) is 84.2 Å². The van der Waals surface area contributed by atoms with Crippen molar-refractivity contribution < 1.29 is 14.7 Å². The Morgan fingerprint density at radius 3 is 2.86 bits per heavy atom. The van der Waals surface area contributed by atoms with Gasteiger partial charge in [-0.2, -0.15) is 5.10 Å². The highest BCUT2D eigenvalue weighted by molar-refractivity contribution is 7.09. The maximum atomic E-state index is 11.8. The first-order valence-electron chi connectivity index (χ1n) is 6.50. The number of carbonyl (C=O) groups excluding carboxylic acids is 1. The van der Waals surface area contributed by atoms with Gasteiger partial charge in [-0.25, -0.2) is 4.79 Å². The van der Waals surface area contributed by atoms with E-state index < -0.39 is 11.5 Å². The normalized spacial score (nSPS) is 11.3. The number of aryl methyl sites for hydroxylation is 1. The number of aromatic nitrogens is 2. The van der Waals surface area contributed by atoms with Crippen LogP contribution in [0, 0.1) is 0 Å². The average molecular weight is 307 g/mol. The maximum absolute atomic E-state index is 11.8. The second-order valence-corrected chi connectivity index (χ2v) is 6.20. The second-order valence-electron chi connectivity index (χ2n) is 5.17. The van der Waals surface area contributed by atoms with Crippen LogP contribution in [0.15, 0.2) is 29.9 Å². The Balaban J connectivity index is 1.93. The van der Waals surface area contributed by atoms with Crippen molar-refractivity contribution in [2.45, 2.75) is 32.2 Å². The van der Waals surface area contributed by atoms with Gasteiger partial charge in [-0.15, -0.1) is 11.3 Å². The summed E-state index contributed by atoms with van der Waals surface area (Å²) in [6.45, 7) is 3.09. The van der Waals surface area contributed by atoms with Gasteiger partial charge >= 0.3 is 5.97 Å². The first-order chi connectivity index (χ1) is 9.89. The van der Waals surface area contributed by atoms with Crippen LogP contribution in [0.3, 0.4) is 0 Å². The van der Waals surface area contributed by atoms with Gasteiger partial charge in [-0.3, -0.25) is 9.48 Å². The molecule has 0 saturated carbocycles. The van der Waals surface area contributed by atoms with Crippen LogP contribution in [0.5, 0.6) is 0 Å². The molecule has 0 aliphatic rings. The Labute approximate surface area is 126 Å². The lowest BCUT2D eigenvalue weighted by Crippen LogP contribution is -2.35. The number of aliphatic carboxylic acids is 1. The number of hydrogen-bond donors (Lipinski definition) is 2. The molecule has 1 amide bonds. The lowest BCUT2D eigenvalue weighted by Gasteiger charge is -2.19. The van der Waals surface area contributed by atoms with E-state index in [1.54, 1.807) is 25.2 Å². The number of carboxylic acid groups (broad SMARTS) is 1. The highest BCUT2D eigenvalue weighted by Crippen LogP contribution is 2.18. The van der Waals surface area contributed by atoms with Crippen molar-refractivity contribution in [1.82, 2.24) is 9.78 Å². The fourth-order valence-corrected chi connectivity index (χ4v) is 2.42. The number of nitrogens with one attached hydrogen (secondary N) is 1. The molecule has 2 heterocycles. The first-order valence-corrected chi connectivity index (χ1v) is 7.38. The number of thiophene rings is 1. The summed E-state index contributed by atoms with van der Waals surface area (Å²) in [6, 6.07) is 3.95. The van der Waals surface area contributed by atoms with Crippen molar-refractivity contribution in [2.24, 2.45) is 0 Å². The Kier molecular flexibility index (Phi) is 4.42. The molecule has 0 aliphatic heterocycles. The van der Waals surface area contributed by atoms with Crippen molar-refractivity contribution in [1.29, 1.82) is 0 Å². The Hall–Kier alpha value is -2.15. The minimum atomic E-state index is -1.15. The van der Waals surface area contributed by atoms with Crippen LogP contribution in [-0.4, -0.2) is 26.8 Å². The molecule has 0 aromatic carbocycles. The Morgan fingerprint density at radius 1 is 1.48 bits per heavy atom. The third kappa shape index (κ3) is 3.69. The molecule has 2 aromatic rings. The molecule has 0 atom stereocenters. The highest BCUT2D eigenvalue weighted by atomic mass is 32.1. The van der Waals surface area contributed by atoms with E-state index in [9.17, 15) is 9.59 Å². The third-order valence-corrected chi connectivity index (χ3v) is 4.08. The molecule has 0 aliphatic carbocycles. The molecule has 0 spiro atoms. The predicted molar refractivity (Wildman–Crippen MR) is 80.5 cm³/mol. The Morgan fingerprint density at radius 2 is 2.24 bits per heavy atom. The fourth-order valence-electron chi connectivity index (χ4n) is 1.71. The van der Waals surface area contributed by atoms with Gasteiger partial charge in [0.05, 0.1) is 11.9 Å². The van der Waals surface area contributed by atoms with E-state index in [0.29, 0.717) is 18.5 Å². The van der Waals surface area contributed by atoms with Gasteiger partial charge in [0.25, 0.3) is 0 Å². The van der Waals surface area contributed by atoms with Gasteiger partial charge in [0.15, 0.2) is 5.54 Å². The number of hydrogen-bond acceptors (Lipinski definition) is 4. The third-order valence-electron chi connectivity index (χ3n) is 3.14. The molecule has 6 nitrogen and oxygen atoms in total. The molecule has 0 radical (unpaired) electrons. The zero-order chi connectivity index (χ0) is 15.5. The van der Waals surface area contributed by atoms with E-state index in [0.717, 1.165) is 4.88 Å². The van der Waals surface area contributed by atoms with Crippen LogP contribution >= 0.6 is 11.3 Å². The summed E-state index contributed by atoms with van der Waals surface area (Å²) < 4.78 is 1.32.